The largest absolute Gasteiger partial charge is 0.457 e. The molecule has 0 aliphatic rings. The number of aromatic nitrogens is 1. The molecule has 0 amide bonds. The van der Waals surface area contributed by atoms with Gasteiger partial charge in [-0.25, -0.2) is 4.98 Å². The molecule has 1 aromatic carbocycles. The van der Waals surface area contributed by atoms with Crippen LogP contribution in [-0.2, 0) is 0 Å². The summed E-state index contributed by atoms with van der Waals surface area (Å²) >= 11 is 0. The van der Waals surface area contributed by atoms with Crippen molar-refractivity contribution in [2.24, 2.45) is 0 Å². The molecule has 0 atom stereocenters. The average molecular weight is 244 g/mol. The van der Waals surface area contributed by atoms with Gasteiger partial charge in [0, 0.05) is 25.9 Å². The van der Waals surface area contributed by atoms with Crippen LogP contribution in [0.3, 0.4) is 0 Å². The monoisotopic (exact) mass is 244 g/mol. The molecule has 0 saturated carbocycles. The summed E-state index contributed by atoms with van der Waals surface area (Å²) in [6.45, 7) is 0.643. The number of nitrogens with zero attached hydrogens (tertiary/aromatic N) is 2. The zero-order valence-electron chi connectivity index (χ0n) is 10.3. The average Bonchev–Trinajstić information content (AvgIpc) is 2.40. The van der Waals surface area contributed by atoms with Crippen molar-refractivity contribution < 1.29 is 9.84 Å². The highest BCUT2D eigenvalue weighted by atomic mass is 16.5. The summed E-state index contributed by atoms with van der Waals surface area (Å²) in [7, 11) is 1.88. The van der Waals surface area contributed by atoms with Crippen LogP contribution < -0.4 is 9.64 Å². The number of likely N-dealkylation sites (N-methyl/N-ethyl adjacent to an activating group) is 1. The molecule has 0 radical (unpaired) electrons. The highest BCUT2D eigenvalue weighted by Gasteiger charge is 2.04. The van der Waals surface area contributed by atoms with Gasteiger partial charge in [0.15, 0.2) is 0 Å². The third-order valence-electron chi connectivity index (χ3n) is 2.52. The van der Waals surface area contributed by atoms with E-state index in [0.29, 0.717) is 6.54 Å². The minimum absolute atomic E-state index is 0.0992. The molecule has 0 saturated heterocycles. The third-order valence-corrected chi connectivity index (χ3v) is 2.52. The first-order valence-corrected chi connectivity index (χ1v) is 5.80. The van der Waals surface area contributed by atoms with Crippen LogP contribution in [0.25, 0.3) is 0 Å². The first-order chi connectivity index (χ1) is 8.79. The Morgan fingerprint density at radius 3 is 2.67 bits per heavy atom. The smallest absolute Gasteiger partial charge is 0.132 e. The second kappa shape index (κ2) is 6.02. The first kappa shape index (κ1) is 12.4. The molecule has 18 heavy (non-hydrogen) atoms. The molecule has 0 aliphatic carbocycles. The van der Waals surface area contributed by atoms with E-state index in [9.17, 15) is 0 Å². The second-order valence-electron chi connectivity index (χ2n) is 3.91. The fraction of sp³-hybridized carbons (Fsp3) is 0.214. The predicted molar refractivity (Wildman–Crippen MR) is 71.1 cm³/mol. The Bertz CT molecular complexity index is 488. The Morgan fingerprint density at radius 2 is 1.94 bits per heavy atom. The molecule has 94 valence electrons. The molecule has 2 rings (SSSR count). The minimum atomic E-state index is 0.0992. The van der Waals surface area contributed by atoms with Gasteiger partial charge in [0.25, 0.3) is 0 Å². The summed E-state index contributed by atoms with van der Waals surface area (Å²) < 4.78 is 5.72. The summed E-state index contributed by atoms with van der Waals surface area (Å²) in [6.07, 6.45) is 1.70. The van der Waals surface area contributed by atoms with Gasteiger partial charge in [-0.15, -0.1) is 0 Å². The molecule has 0 unspecified atom stereocenters. The molecule has 1 heterocycles. The number of aliphatic hydroxyl groups is 1. The van der Waals surface area contributed by atoms with Gasteiger partial charge in [-0.1, -0.05) is 18.2 Å². The van der Waals surface area contributed by atoms with Crippen molar-refractivity contribution in [3.05, 3.63) is 48.7 Å². The van der Waals surface area contributed by atoms with Gasteiger partial charge in [-0.05, 0) is 18.2 Å². The maximum atomic E-state index is 8.90. The standard InChI is InChI=1S/C14H16N2O2/c1-16(9-10-17)14-11-13(7-8-15-14)18-12-5-3-2-4-6-12/h2-8,11,17H,9-10H2,1H3. The van der Waals surface area contributed by atoms with Gasteiger partial charge in [0.1, 0.15) is 17.3 Å². The van der Waals surface area contributed by atoms with Crippen molar-refractivity contribution in [1.29, 1.82) is 0 Å². The zero-order chi connectivity index (χ0) is 12.8. The van der Waals surface area contributed by atoms with Crippen LogP contribution in [0.1, 0.15) is 0 Å². The second-order valence-corrected chi connectivity index (χ2v) is 3.91. The number of anilines is 1. The van der Waals surface area contributed by atoms with Gasteiger partial charge >= 0.3 is 0 Å². The van der Waals surface area contributed by atoms with Gasteiger partial charge in [-0.2, -0.15) is 0 Å². The summed E-state index contributed by atoms with van der Waals surface area (Å²) in [4.78, 5) is 6.11. The lowest BCUT2D eigenvalue weighted by molar-refractivity contribution is 0.304. The van der Waals surface area contributed by atoms with Crippen molar-refractivity contribution in [1.82, 2.24) is 4.98 Å². The molecule has 4 heteroatoms. The summed E-state index contributed by atoms with van der Waals surface area (Å²) in [5.74, 6) is 2.30. The number of aliphatic hydroxyl groups excluding tert-OH is 1. The summed E-state index contributed by atoms with van der Waals surface area (Å²) in [5, 5.41) is 8.90. The third kappa shape index (κ3) is 3.21. The van der Waals surface area contributed by atoms with E-state index in [2.05, 4.69) is 4.98 Å². The lowest BCUT2D eigenvalue weighted by Gasteiger charge is -2.17. The van der Waals surface area contributed by atoms with Gasteiger partial charge in [-0.3, -0.25) is 0 Å². The molecule has 0 bridgehead atoms. The number of rotatable bonds is 5. The predicted octanol–water partition coefficient (Wildman–Crippen LogP) is 2.30. The van der Waals surface area contributed by atoms with E-state index < -0.39 is 0 Å². The van der Waals surface area contributed by atoms with Crippen LogP contribution in [0.4, 0.5) is 5.82 Å². The van der Waals surface area contributed by atoms with Gasteiger partial charge in [0.05, 0.1) is 6.61 Å². The van der Waals surface area contributed by atoms with Crippen LogP contribution >= 0.6 is 0 Å². The Balaban J connectivity index is 2.12. The van der Waals surface area contributed by atoms with Gasteiger partial charge in [0.2, 0.25) is 0 Å². The van der Waals surface area contributed by atoms with E-state index in [4.69, 9.17) is 9.84 Å². The molecule has 0 aliphatic heterocycles. The maximum absolute atomic E-state index is 8.90. The quantitative estimate of drug-likeness (QED) is 0.876. The van der Waals surface area contributed by atoms with Crippen LogP contribution in [0.15, 0.2) is 48.7 Å². The fourth-order valence-corrected chi connectivity index (χ4v) is 1.56. The molecule has 0 spiro atoms. The molecule has 4 nitrogen and oxygen atoms in total. The van der Waals surface area contributed by atoms with E-state index in [-0.39, 0.29) is 6.61 Å². The Morgan fingerprint density at radius 1 is 1.17 bits per heavy atom. The Hall–Kier alpha value is -2.07. The number of ether oxygens (including phenoxy) is 1. The molecular formula is C14H16N2O2. The maximum Gasteiger partial charge on any atom is 0.132 e. The summed E-state index contributed by atoms with van der Waals surface area (Å²) in [5.41, 5.74) is 0. The molecule has 0 fully saturated rings. The van der Waals surface area contributed by atoms with Crippen molar-refractivity contribution in [3.8, 4) is 11.5 Å². The van der Waals surface area contributed by atoms with Crippen molar-refractivity contribution in [2.75, 3.05) is 25.1 Å². The number of hydrogen-bond acceptors (Lipinski definition) is 4. The number of hydrogen-bond donors (Lipinski definition) is 1. The first-order valence-electron chi connectivity index (χ1n) is 5.80. The Kier molecular flexibility index (Phi) is 4.15. The van der Waals surface area contributed by atoms with Crippen molar-refractivity contribution in [3.63, 3.8) is 0 Å². The van der Waals surface area contributed by atoms with E-state index >= 15 is 0 Å². The molecule has 2 aromatic rings. The SMILES string of the molecule is CN(CCO)c1cc(Oc2ccccc2)ccn1. The lowest BCUT2D eigenvalue weighted by atomic mass is 10.3. The van der Waals surface area contributed by atoms with Crippen LogP contribution in [0.5, 0.6) is 11.5 Å². The highest BCUT2D eigenvalue weighted by Crippen LogP contribution is 2.23. The van der Waals surface area contributed by atoms with E-state index in [1.54, 1.807) is 6.20 Å². The minimum Gasteiger partial charge on any atom is -0.457 e. The number of para-hydroxylation sites is 1. The van der Waals surface area contributed by atoms with E-state index in [1.807, 2.05) is 54.4 Å². The molecule has 1 aromatic heterocycles. The van der Waals surface area contributed by atoms with Crippen molar-refractivity contribution >= 4 is 5.82 Å². The number of pyridine rings is 1. The van der Waals surface area contributed by atoms with Gasteiger partial charge < -0.3 is 14.7 Å². The molecule has 1 N–H and O–H groups in total. The fourth-order valence-electron chi connectivity index (χ4n) is 1.56. The van der Waals surface area contributed by atoms with E-state index in [0.717, 1.165) is 17.3 Å². The van der Waals surface area contributed by atoms with Crippen molar-refractivity contribution in [2.45, 2.75) is 0 Å². The zero-order valence-corrected chi connectivity index (χ0v) is 10.3. The lowest BCUT2D eigenvalue weighted by Crippen LogP contribution is -2.21. The highest BCUT2D eigenvalue weighted by molar-refractivity contribution is 5.44. The van der Waals surface area contributed by atoms with E-state index in [1.165, 1.54) is 0 Å². The normalized spacial score (nSPS) is 10.1. The number of benzene rings is 1. The summed E-state index contributed by atoms with van der Waals surface area (Å²) in [6, 6.07) is 13.3. The molecular weight excluding hydrogens is 228 g/mol. The van der Waals surface area contributed by atoms with Crippen LogP contribution in [0, 0.1) is 0 Å². The Labute approximate surface area is 106 Å². The van der Waals surface area contributed by atoms with Crippen LogP contribution in [-0.4, -0.2) is 30.3 Å². The topological polar surface area (TPSA) is 45.6 Å². The van der Waals surface area contributed by atoms with Crippen LogP contribution in [0.2, 0.25) is 0 Å².